The van der Waals surface area contributed by atoms with Gasteiger partial charge >= 0.3 is 5.97 Å². The Morgan fingerprint density at radius 1 is 1.27 bits per heavy atom. The number of rotatable bonds is 7. The van der Waals surface area contributed by atoms with E-state index in [0.29, 0.717) is 35.9 Å². The molecule has 2 fully saturated rings. The lowest BCUT2D eigenvalue weighted by atomic mass is 10.0. The summed E-state index contributed by atoms with van der Waals surface area (Å²) in [5.41, 5.74) is 2.94. The summed E-state index contributed by atoms with van der Waals surface area (Å²) in [6, 6.07) is 12.5. The smallest absolute Gasteiger partial charge is 0.341 e. The van der Waals surface area contributed by atoms with Gasteiger partial charge in [0.15, 0.2) is 0 Å². The molecule has 2 heterocycles. The van der Waals surface area contributed by atoms with Crippen LogP contribution in [0.4, 0.5) is 11.4 Å². The number of ether oxygens (including phenoxy) is 1. The number of fused-ring (bicyclic) bond motifs is 3. The number of nitrogens with one attached hydrogen (secondary N) is 2. The zero-order valence-corrected chi connectivity index (χ0v) is 17.9. The number of aromatic carboxylic acids is 1. The molecule has 1 saturated heterocycles. The Balaban J connectivity index is 1.34. The average molecular weight is 426 g/mol. The molecule has 3 atom stereocenters. The second kappa shape index (κ2) is 8.04. The summed E-state index contributed by atoms with van der Waals surface area (Å²) in [5.74, 6) is 0.618. The summed E-state index contributed by atoms with van der Waals surface area (Å²) in [7, 11) is 0. The zero-order valence-electron chi connectivity index (χ0n) is 17.1. The lowest BCUT2D eigenvalue weighted by Gasteiger charge is -2.21. The number of hydrogen-bond acceptors (Lipinski definition) is 6. The number of likely N-dealkylation sites (N-methyl/N-ethyl adjacent to an activating group) is 1. The molecule has 0 bridgehead atoms. The Hall–Kier alpha value is -2.38. The molecule has 2 aromatic rings. The number of likely N-dealkylation sites (tertiary alicyclic amines) is 1. The molecule has 0 spiro atoms. The van der Waals surface area contributed by atoms with E-state index in [1.54, 1.807) is 0 Å². The Bertz CT molecular complexity index is 967. The molecule has 7 heteroatoms. The normalized spacial score (nSPS) is 24.5. The highest BCUT2D eigenvalue weighted by Crippen LogP contribution is 2.55. The van der Waals surface area contributed by atoms with Crippen LogP contribution in [0.1, 0.15) is 41.6 Å². The Labute approximate surface area is 181 Å². The van der Waals surface area contributed by atoms with Crippen molar-refractivity contribution < 1.29 is 14.6 Å². The van der Waals surface area contributed by atoms with E-state index in [0.717, 1.165) is 48.6 Å². The van der Waals surface area contributed by atoms with E-state index >= 15 is 0 Å². The molecule has 3 aliphatic rings. The monoisotopic (exact) mass is 425 g/mol. The Kier molecular flexibility index (Phi) is 5.25. The number of carboxylic acids is 1. The van der Waals surface area contributed by atoms with Gasteiger partial charge in [-0.25, -0.2) is 4.79 Å². The molecule has 3 N–H and O–H groups in total. The topological polar surface area (TPSA) is 73.8 Å². The molecule has 5 rings (SSSR count). The molecular weight excluding hydrogens is 398 g/mol. The standard InChI is InChI=1S/C23H27N3O3S/c1-2-26-10-9-15(12-26)24-18-5-3-4-6-20(18)30-25-19-8-7-16-17-11-14(17)13-29-22(16)21(19)23(27)28/h3-8,14-15,17,24-25H,2,9-13H2,1H3,(H,27,28)/t14?,15-,17?/m0/s1. The van der Waals surface area contributed by atoms with Crippen LogP contribution in [0.2, 0.25) is 0 Å². The molecule has 0 aromatic heterocycles. The minimum absolute atomic E-state index is 0.241. The fourth-order valence-corrected chi connectivity index (χ4v) is 5.36. The number of nitrogens with zero attached hydrogens (tertiary/aromatic N) is 1. The van der Waals surface area contributed by atoms with Crippen LogP contribution in [-0.4, -0.2) is 48.3 Å². The van der Waals surface area contributed by atoms with Gasteiger partial charge in [0, 0.05) is 30.7 Å². The van der Waals surface area contributed by atoms with Crippen LogP contribution in [0, 0.1) is 5.92 Å². The van der Waals surface area contributed by atoms with E-state index in [2.05, 4.69) is 34.0 Å². The van der Waals surface area contributed by atoms with Crippen molar-refractivity contribution in [3.8, 4) is 5.75 Å². The van der Waals surface area contributed by atoms with Gasteiger partial charge in [-0.05, 0) is 61.0 Å². The number of hydrogen-bond donors (Lipinski definition) is 3. The molecule has 30 heavy (non-hydrogen) atoms. The summed E-state index contributed by atoms with van der Waals surface area (Å²) < 4.78 is 9.13. The molecular formula is C23H27N3O3S. The van der Waals surface area contributed by atoms with Crippen LogP contribution < -0.4 is 14.8 Å². The first-order valence-electron chi connectivity index (χ1n) is 10.7. The van der Waals surface area contributed by atoms with Crippen molar-refractivity contribution >= 4 is 29.3 Å². The lowest BCUT2D eigenvalue weighted by Crippen LogP contribution is -2.26. The summed E-state index contributed by atoms with van der Waals surface area (Å²) in [6.45, 7) is 6.08. The van der Waals surface area contributed by atoms with Crippen LogP contribution in [0.15, 0.2) is 41.3 Å². The second-order valence-electron chi connectivity index (χ2n) is 8.35. The van der Waals surface area contributed by atoms with Gasteiger partial charge in [-0.15, -0.1) is 0 Å². The van der Waals surface area contributed by atoms with Gasteiger partial charge in [0.2, 0.25) is 0 Å². The maximum atomic E-state index is 12.0. The second-order valence-corrected chi connectivity index (χ2v) is 9.20. The molecule has 6 nitrogen and oxygen atoms in total. The van der Waals surface area contributed by atoms with Gasteiger partial charge in [0.25, 0.3) is 0 Å². The Morgan fingerprint density at radius 3 is 2.93 bits per heavy atom. The molecule has 0 radical (unpaired) electrons. The van der Waals surface area contributed by atoms with Crippen molar-refractivity contribution in [1.29, 1.82) is 0 Å². The van der Waals surface area contributed by atoms with Crippen molar-refractivity contribution in [2.45, 2.75) is 36.6 Å². The van der Waals surface area contributed by atoms with Crippen molar-refractivity contribution in [2.75, 3.05) is 36.3 Å². The quantitative estimate of drug-likeness (QED) is 0.564. The molecule has 0 amide bonds. The SMILES string of the molecule is CCN1CC[C@H](Nc2ccccc2SNc2ccc3c(c2C(=O)O)OCC2CC32)C1. The van der Waals surface area contributed by atoms with E-state index in [4.69, 9.17) is 4.74 Å². The summed E-state index contributed by atoms with van der Waals surface area (Å²) >= 11 is 1.44. The molecule has 2 aromatic carbocycles. The van der Waals surface area contributed by atoms with Crippen LogP contribution >= 0.6 is 11.9 Å². The minimum atomic E-state index is -0.953. The fraction of sp³-hybridized carbons (Fsp3) is 0.435. The van der Waals surface area contributed by atoms with Crippen molar-refractivity contribution in [3.05, 3.63) is 47.5 Å². The molecule has 2 aliphatic heterocycles. The van der Waals surface area contributed by atoms with Gasteiger partial charge in [0.1, 0.15) is 11.3 Å². The third-order valence-corrected chi connectivity index (χ3v) is 7.30. The number of para-hydroxylation sites is 1. The maximum Gasteiger partial charge on any atom is 0.341 e. The molecule has 1 saturated carbocycles. The predicted molar refractivity (Wildman–Crippen MR) is 120 cm³/mol. The average Bonchev–Trinajstić information content (AvgIpc) is 3.42. The fourth-order valence-electron chi connectivity index (χ4n) is 4.59. The number of benzene rings is 2. The van der Waals surface area contributed by atoms with E-state index in [-0.39, 0.29) is 5.56 Å². The van der Waals surface area contributed by atoms with E-state index in [1.807, 2.05) is 24.3 Å². The highest BCUT2D eigenvalue weighted by Gasteiger charge is 2.45. The van der Waals surface area contributed by atoms with E-state index in [1.165, 1.54) is 11.9 Å². The highest BCUT2D eigenvalue weighted by molar-refractivity contribution is 8.00. The maximum absolute atomic E-state index is 12.0. The molecule has 158 valence electrons. The Morgan fingerprint density at radius 2 is 2.13 bits per heavy atom. The molecule has 2 unspecified atom stereocenters. The van der Waals surface area contributed by atoms with Gasteiger partial charge in [0.05, 0.1) is 17.2 Å². The zero-order chi connectivity index (χ0) is 20.7. The summed E-state index contributed by atoms with van der Waals surface area (Å²) in [4.78, 5) is 15.5. The third-order valence-electron chi connectivity index (χ3n) is 6.40. The predicted octanol–water partition coefficient (Wildman–Crippen LogP) is 4.51. The number of carbonyl (C=O) groups is 1. The minimum Gasteiger partial charge on any atom is -0.492 e. The van der Waals surface area contributed by atoms with Gasteiger partial charge < -0.3 is 24.8 Å². The first kappa shape index (κ1) is 19.6. The van der Waals surface area contributed by atoms with Crippen molar-refractivity contribution in [3.63, 3.8) is 0 Å². The van der Waals surface area contributed by atoms with E-state index in [9.17, 15) is 9.90 Å². The first-order valence-corrected chi connectivity index (χ1v) is 11.5. The highest BCUT2D eigenvalue weighted by atomic mass is 32.2. The van der Waals surface area contributed by atoms with Gasteiger partial charge in [-0.3, -0.25) is 0 Å². The van der Waals surface area contributed by atoms with Crippen molar-refractivity contribution in [1.82, 2.24) is 4.90 Å². The number of anilines is 2. The lowest BCUT2D eigenvalue weighted by molar-refractivity contribution is 0.0692. The van der Waals surface area contributed by atoms with Crippen LogP contribution in [-0.2, 0) is 0 Å². The largest absolute Gasteiger partial charge is 0.492 e. The third kappa shape index (κ3) is 3.72. The van der Waals surface area contributed by atoms with Crippen LogP contribution in [0.3, 0.4) is 0 Å². The first-order chi connectivity index (χ1) is 14.6. The summed E-state index contributed by atoms with van der Waals surface area (Å²) in [5, 5.41) is 13.5. The van der Waals surface area contributed by atoms with Gasteiger partial charge in [-0.1, -0.05) is 25.1 Å². The summed E-state index contributed by atoms with van der Waals surface area (Å²) in [6.07, 6.45) is 2.23. The van der Waals surface area contributed by atoms with E-state index < -0.39 is 5.97 Å². The van der Waals surface area contributed by atoms with Crippen LogP contribution in [0.5, 0.6) is 5.75 Å². The number of carboxylic acid groups (broad SMARTS) is 1. The van der Waals surface area contributed by atoms with Crippen LogP contribution in [0.25, 0.3) is 0 Å². The van der Waals surface area contributed by atoms with Gasteiger partial charge in [-0.2, -0.15) is 0 Å². The molecule has 1 aliphatic carbocycles. The van der Waals surface area contributed by atoms with Crippen molar-refractivity contribution in [2.24, 2.45) is 5.92 Å².